The second kappa shape index (κ2) is 13.4. The number of halogens is 1. The molecule has 1 fully saturated rings. The number of amides is 3. The van der Waals surface area contributed by atoms with Crippen LogP contribution < -0.4 is 20.8 Å². The number of ether oxygens (including phenoxy) is 1. The number of esters is 1. The molecular weight excluding hydrogens is 576 g/mol. The van der Waals surface area contributed by atoms with Crippen LogP contribution in [0.15, 0.2) is 77.9 Å². The fourth-order valence-corrected chi connectivity index (χ4v) is 6.00. The van der Waals surface area contributed by atoms with E-state index in [1.165, 1.54) is 24.0 Å². The third kappa shape index (κ3) is 7.02. The molecule has 5 rings (SSSR count). The number of carbonyl (C=O) groups is 4. The van der Waals surface area contributed by atoms with Gasteiger partial charge in [0.1, 0.15) is 10.6 Å². The molecule has 1 aromatic heterocycles. The van der Waals surface area contributed by atoms with Gasteiger partial charge >= 0.3 is 17.8 Å². The monoisotopic (exact) mass is 602 g/mol. The summed E-state index contributed by atoms with van der Waals surface area (Å²) < 4.78 is 6.35. The van der Waals surface area contributed by atoms with Crippen molar-refractivity contribution in [1.82, 2.24) is 10.7 Å². The van der Waals surface area contributed by atoms with Gasteiger partial charge in [-0.25, -0.2) is 10.2 Å². The number of anilines is 1. The van der Waals surface area contributed by atoms with Crippen molar-refractivity contribution in [3.05, 3.63) is 93.8 Å². The zero-order chi connectivity index (χ0) is 29.5. The number of hydrogen-bond acceptors (Lipinski definition) is 7. The highest BCUT2D eigenvalue weighted by atomic mass is 35.5. The molecular formula is C31H27ClN4O5S. The predicted octanol–water partition coefficient (Wildman–Crippen LogP) is 5.93. The second-order valence-corrected chi connectivity index (χ2v) is 11.1. The Balaban J connectivity index is 1.13. The van der Waals surface area contributed by atoms with E-state index in [1.807, 2.05) is 24.3 Å². The Bertz CT molecular complexity index is 1660. The molecule has 4 aromatic rings. The van der Waals surface area contributed by atoms with Crippen LogP contribution in [0.25, 0.3) is 10.1 Å². The molecule has 0 bridgehead atoms. The van der Waals surface area contributed by atoms with E-state index in [4.69, 9.17) is 16.3 Å². The lowest BCUT2D eigenvalue weighted by atomic mass is 9.95. The Morgan fingerprint density at radius 1 is 0.881 bits per heavy atom. The predicted molar refractivity (Wildman–Crippen MR) is 163 cm³/mol. The molecule has 0 saturated heterocycles. The van der Waals surface area contributed by atoms with E-state index in [0.717, 1.165) is 35.8 Å². The highest BCUT2D eigenvalue weighted by Crippen LogP contribution is 2.35. The van der Waals surface area contributed by atoms with Crippen LogP contribution in [0.1, 0.15) is 57.7 Å². The molecule has 0 spiro atoms. The van der Waals surface area contributed by atoms with E-state index >= 15 is 0 Å². The van der Waals surface area contributed by atoms with Crippen LogP contribution in [0, 0.1) is 0 Å². The molecule has 11 heteroatoms. The number of fused-ring (bicyclic) bond motifs is 1. The first-order valence-electron chi connectivity index (χ1n) is 13.4. The molecule has 0 aliphatic heterocycles. The number of nitrogens with one attached hydrogen (secondary N) is 3. The fourth-order valence-electron chi connectivity index (χ4n) is 4.62. The number of rotatable bonds is 7. The fraction of sp³-hybridized carbons (Fsp3) is 0.194. The van der Waals surface area contributed by atoms with Crippen LogP contribution in [0.5, 0.6) is 5.75 Å². The largest absolute Gasteiger partial charge is 0.422 e. The van der Waals surface area contributed by atoms with Crippen LogP contribution in [-0.2, 0) is 9.59 Å². The first-order chi connectivity index (χ1) is 20.4. The SMILES string of the molecule is O=C(N/N=C\c1ccc(OC(=O)c2sc3ccccc3c2Cl)cc1)C(=O)Nc1ccccc1C(=O)NC1CCCCC1. The lowest BCUT2D eigenvalue weighted by Gasteiger charge is -2.23. The minimum absolute atomic E-state index is 0.105. The minimum Gasteiger partial charge on any atom is -0.422 e. The molecule has 214 valence electrons. The number of carbonyl (C=O) groups excluding carboxylic acids is 4. The summed E-state index contributed by atoms with van der Waals surface area (Å²) in [4.78, 5) is 50.6. The molecule has 1 saturated carbocycles. The van der Waals surface area contributed by atoms with Crippen LogP contribution in [0.4, 0.5) is 5.69 Å². The molecule has 0 atom stereocenters. The van der Waals surface area contributed by atoms with Gasteiger partial charge in [0, 0.05) is 16.1 Å². The van der Waals surface area contributed by atoms with Crippen molar-refractivity contribution in [3.8, 4) is 5.75 Å². The van der Waals surface area contributed by atoms with Gasteiger partial charge in [0.15, 0.2) is 0 Å². The van der Waals surface area contributed by atoms with Crippen LogP contribution >= 0.6 is 22.9 Å². The van der Waals surface area contributed by atoms with Crippen LogP contribution in [0.2, 0.25) is 5.02 Å². The minimum atomic E-state index is -1.00. The molecule has 1 aliphatic carbocycles. The van der Waals surface area contributed by atoms with E-state index in [-0.39, 0.29) is 23.2 Å². The van der Waals surface area contributed by atoms with E-state index in [2.05, 4.69) is 21.2 Å². The third-order valence-corrected chi connectivity index (χ3v) is 8.41. The lowest BCUT2D eigenvalue weighted by Crippen LogP contribution is -2.37. The molecule has 1 aliphatic rings. The van der Waals surface area contributed by atoms with Crippen molar-refractivity contribution in [1.29, 1.82) is 0 Å². The van der Waals surface area contributed by atoms with Crippen LogP contribution in [0.3, 0.4) is 0 Å². The van der Waals surface area contributed by atoms with Gasteiger partial charge in [-0.05, 0) is 60.9 Å². The summed E-state index contributed by atoms with van der Waals surface area (Å²) in [6, 6.07) is 20.5. The highest BCUT2D eigenvalue weighted by molar-refractivity contribution is 7.21. The smallest absolute Gasteiger partial charge is 0.355 e. The zero-order valence-electron chi connectivity index (χ0n) is 22.4. The van der Waals surface area contributed by atoms with Gasteiger partial charge in [-0.2, -0.15) is 5.10 Å². The van der Waals surface area contributed by atoms with Crippen molar-refractivity contribution in [3.63, 3.8) is 0 Å². The van der Waals surface area contributed by atoms with E-state index in [0.29, 0.717) is 21.2 Å². The Kier molecular flexibility index (Phi) is 9.25. The molecule has 42 heavy (non-hydrogen) atoms. The van der Waals surface area contributed by atoms with Crippen molar-refractivity contribution < 1.29 is 23.9 Å². The number of nitrogens with zero attached hydrogens (tertiary/aromatic N) is 1. The van der Waals surface area contributed by atoms with Gasteiger partial charge in [-0.1, -0.05) is 61.2 Å². The molecule has 1 heterocycles. The Morgan fingerprint density at radius 3 is 2.36 bits per heavy atom. The molecule has 3 amide bonds. The van der Waals surface area contributed by atoms with Crippen molar-refractivity contribution in [2.45, 2.75) is 38.1 Å². The maximum atomic E-state index is 12.8. The van der Waals surface area contributed by atoms with Crippen molar-refractivity contribution >= 4 is 68.6 Å². The number of para-hydroxylation sites is 1. The maximum Gasteiger partial charge on any atom is 0.355 e. The van der Waals surface area contributed by atoms with Gasteiger partial charge in [0.05, 0.1) is 22.5 Å². The first-order valence-corrected chi connectivity index (χ1v) is 14.6. The lowest BCUT2D eigenvalue weighted by molar-refractivity contribution is -0.136. The van der Waals surface area contributed by atoms with Crippen molar-refractivity contribution in [2.75, 3.05) is 5.32 Å². The molecule has 3 aromatic carbocycles. The van der Waals surface area contributed by atoms with Crippen molar-refractivity contribution in [2.24, 2.45) is 5.10 Å². The quantitative estimate of drug-likeness (QED) is 0.0795. The molecule has 0 radical (unpaired) electrons. The van der Waals surface area contributed by atoms with Gasteiger partial charge < -0.3 is 15.4 Å². The Morgan fingerprint density at radius 2 is 1.60 bits per heavy atom. The standard InChI is InChI=1S/C31H27ClN4O5S/c32-26-23-11-5-7-13-25(23)42-27(26)31(40)41-21-16-14-19(15-17-21)18-33-36-30(39)29(38)35-24-12-6-4-10-22(24)28(37)34-20-8-2-1-3-9-20/h4-7,10-18,20H,1-3,8-9H2,(H,34,37)(H,35,38)(H,36,39)/b33-18-. The van der Waals surface area contributed by atoms with E-state index in [9.17, 15) is 19.2 Å². The molecule has 0 unspecified atom stereocenters. The van der Waals surface area contributed by atoms with Gasteiger partial charge in [-0.15, -0.1) is 11.3 Å². The summed E-state index contributed by atoms with van der Waals surface area (Å²) in [5.41, 5.74) is 3.27. The third-order valence-electron chi connectivity index (χ3n) is 6.76. The number of benzene rings is 3. The van der Waals surface area contributed by atoms with Gasteiger partial charge in [-0.3, -0.25) is 14.4 Å². The van der Waals surface area contributed by atoms with Gasteiger partial charge in [0.2, 0.25) is 0 Å². The van der Waals surface area contributed by atoms with E-state index < -0.39 is 17.8 Å². The van der Waals surface area contributed by atoms with Gasteiger partial charge in [0.25, 0.3) is 5.91 Å². The second-order valence-electron chi connectivity index (χ2n) is 9.71. The number of hydrogen-bond donors (Lipinski definition) is 3. The molecule has 9 nitrogen and oxygen atoms in total. The maximum absolute atomic E-state index is 12.8. The summed E-state index contributed by atoms with van der Waals surface area (Å²) in [6.07, 6.45) is 6.51. The highest BCUT2D eigenvalue weighted by Gasteiger charge is 2.21. The summed E-state index contributed by atoms with van der Waals surface area (Å²) >= 11 is 7.62. The summed E-state index contributed by atoms with van der Waals surface area (Å²) in [7, 11) is 0. The summed E-state index contributed by atoms with van der Waals surface area (Å²) in [6.45, 7) is 0. The Labute approximate surface area is 250 Å². The van der Waals surface area contributed by atoms with Crippen LogP contribution in [-0.4, -0.2) is 35.9 Å². The number of thiophene rings is 1. The average Bonchev–Trinajstić information content (AvgIpc) is 3.35. The Hall–Kier alpha value is -4.54. The molecule has 3 N–H and O–H groups in total. The first kappa shape index (κ1) is 29.0. The summed E-state index contributed by atoms with van der Waals surface area (Å²) in [5, 5.41) is 10.5. The number of hydrazone groups is 1. The topological polar surface area (TPSA) is 126 Å². The average molecular weight is 603 g/mol. The summed E-state index contributed by atoms with van der Waals surface area (Å²) in [5.74, 6) is -2.52. The zero-order valence-corrected chi connectivity index (χ0v) is 24.0. The normalized spacial score (nSPS) is 13.5. The van der Waals surface area contributed by atoms with E-state index in [1.54, 1.807) is 48.5 Å².